The molecule has 0 aliphatic carbocycles. The van der Waals surface area contributed by atoms with Gasteiger partial charge in [-0.1, -0.05) is 0 Å². The fraction of sp³-hybridized carbons (Fsp3) is 0.818. The van der Waals surface area contributed by atoms with Crippen molar-refractivity contribution in [3.8, 4) is 0 Å². The average molecular weight is 259 g/mol. The van der Waals surface area contributed by atoms with Crippen LogP contribution in [-0.4, -0.2) is 55.2 Å². The van der Waals surface area contributed by atoms with Crippen LogP contribution in [0.2, 0.25) is 0 Å². The molecular weight excluding hydrogens is 242 g/mol. The van der Waals surface area contributed by atoms with E-state index in [1.807, 2.05) is 0 Å². The lowest BCUT2D eigenvalue weighted by molar-refractivity contribution is -0.192. The van der Waals surface area contributed by atoms with Crippen molar-refractivity contribution in [1.29, 1.82) is 0 Å². The summed E-state index contributed by atoms with van der Waals surface area (Å²) in [6.45, 7) is 1.02. The van der Waals surface area contributed by atoms with Crippen molar-refractivity contribution < 1.29 is 28.9 Å². The van der Waals surface area contributed by atoms with E-state index < -0.39 is 35.9 Å². The minimum atomic E-state index is -1.57. The molecule has 1 amide bonds. The number of carbonyl (C=O) groups excluding carboxylic acids is 2. The van der Waals surface area contributed by atoms with Crippen molar-refractivity contribution >= 4 is 11.9 Å². The number of aliphatic hydroxyl groups excluding tert-OH is 1. The Bertz CT molecular complexity index is 386. The highest BCUT2D eigenvalue weighted by Crippen LogP contribution is 2.48. The Morgan fingerprint density at radius 2 is 2.28 bits per heavy atom. The van der Waals surface area contributed by atoms with Gasteiger partial charge < -0.3 is 24.6 Å². The zero-order valence-corrected chi connectivity index (χ0v) is 10.6. The van der Waals surface area contributed by atoms with Crippen LogP contribution in [0.3, 0.4) is 0 Å². The summed E-state index contributed by atoms with van der Waals surface area (Å²) < 4.78 is 15.4. The summed E-state index contributed by atoms with van der Waals surface area (Å²) in [7, 11) is 2.66. The van der Waals surface area contributed by atoms with E-state index in [1.54, 1.807) is 6.92 Å². The maximum atomic E-state index is 12.0. The van der Waals surface area contributed by atoms with Crippen molar-refractivity contribution in [2.24, 2.45) is 5.92 Å². The molecule has 0 aromatic heterocycles. The van der Waals surface area contributed by atoms with Crippen LogP contribution in [0.5, 0.6) is 0 Å². The molecule has 2 aliphatic heterocycles. The molecule has 7 heteroatoms. The number of esters is 1. The van der Waals surface area contributed by atoms with Gasteiger partial charge in [-0.15, -0.1) is 0 Å². The smallest absolute Gasteiger partial charge is 0.337 e. The Morgan fingerprint density at radius 1 is 1.61 bits per heavy atom. The van der Waals surface area contributed by atoms with Gasteiger partial charge in [-0.05, 0) is 6.92 Å². The second kappa shape index (κ2) is 4.18. The molecule has 4 atom stereocenters. The van der Waals surface area contributed by atoms with Crippen LogP contribution in [0.15, 0.2) is 0 Å². The molecule has 7 nitrogen and oxygen atoms in total. The van der Waals surface area contributed by atoms with Gasteiger partial charge in [-0.25, -0.2) is 4.79 Å². The van der Waals surface area contributed by atoms with Gasteiger partial charge >= 0.3 is 5.97 Å². The zero-order valence-electron chi connectivity index (χ0n) is 10.6. The zero-order chi connectivity index (χ0) is 13.6. The average Bonchev–Trinajstić information content (AvgIpc) is 2.81. The predicted molar refractivity (Wildman–Crippen MR) is 58.4 cm³/mol. The first-order valence-corrected chi connectivity index (χ1v) is 5.67. The quantitative estimate of drug-likeness (QED) is 0.617. The van der Waals surface area contributed by atoms with Gasteiger partial charge in [-0.2, -0.15) is 0 Å². The van der Waals surface area contributed by atoms with E-state index in [0.29, 0.717) is 6.42 Å². The summed E-state index contributed by atoms with van der Waals surface area (Å²) in [5.74, 6) is -1.61. The Kier molecular flexibility index (Phi) is 3.08. The van der Waals surface area contributed by atoms with Gasteiger partial charge in [0.1, 0.15) is 5.60 Å². The van der Waals surface area contributed by atoms with Crippen LogP contribution < -0.4 is 5.32 Å². The Hall–Kier alpha value is -1.18. The maximum Gasteiger partial charge on any atom is 0.337 e. The lowest BCUT2D eigenvalue weighted by Gasteiger charge is -2.37. The number of ether oxygens (including phenoxy) is 3. The highest BCUT2D eigenvalue weighted by atomic mass is 16.7. The molecule has 0 saturated carbocycles. The van der Waals surface area contributed by atoms with Gasteiger partial charge in [0, 0.05) is 13.5 Å². The number of fused-ring (bicyclic) bond motifs is 1. The molecule has 2 N–H and O–H groups in total. The van der Waals surface area contributed by atoms with Gasteiger partial charge in [0.25, 0.3) is 0 Å². The summed E-state index contributed by atoms with van der Waals surface area (Å²) in [6.07, 6.45) is -0.223. The third-order valence-corrected chi connectivity index (χ3v) is 4.00. The monoisotopic (exact) mass is 259 g/mol. The summed E-state index contributed by atoms with van der Waals surface area (Å²) in [6, 6.07) is 0. The molecule has 18 heavy (non-hydrogen) atoms. The van der Waals surface area contributed by atoms with Crippen LogP contribution in [0.1, 0.15) is 13.3 Å². The molecule has 0 bridgehead atoms. The third-order valence-electron chi connectivity index (χ3n) is 4.00. The molecule has 102 valence electrons. The highest BCUT2D eigenvalue weighted by Gasteiger charge is 2.71. The van der Waals surface area contributed by atoms with Crippen molar-refractivity contribution in [2.45, 2.75) is 30.8 Å². The molecule has 2 saturated heterocycles. The molecule has 0 radical (unpaired) electrons. The van der Waals surface area contributed by atoms with Crippen LogP contribution in [0, 0.1) is 5.92 Å². The maximum absolute atomic E-state index is 12.0. The minimum Gasteiger partial charge on any atom is -0.467 e. The van der Waals surface area contributed by atoms with Crippen molar-refractivity contribution in [1.82, 2.24) is 5.32 Å². The molecule has 2 aliphatic rings. The first-order chi connectivity index (χ1) is 8.45. The SMILES string of the molecule is COC(=O)[C@]1(CO)NC(=O)[C@@H]2C[C@H](OC)O[C@@]21C. The van der Waals surface area contributed by atoms with E-state index in [2.05, 4.69) is 10.1 Å². The molecule has 2 heterocycles. The molecule has 0 unspecified atom stereocenters. The van der Waals surface area contributed by atoms with E-state index in [9.17, 15) is 14.7 Å². The van der Waals surface area contributed by atoms with Crippen LogP contribution >= 0.6 is 0 Å². The van der Waals surface area contributed by atoms with E-state index in [-0.39, 0.29) is 5.91 Å². The van der Waals surface area contributed by atoms with E-state index in [4.69, 9.17) is 9.47 Å². The van der Waals surface area contributed by atoms with Gasteiger partial charge in [-0.3, -0.25) is 4.79 Å². The fourth-order valence-corrected chi connectivity index (χ4v) is 2.83. The lowest BCUT2D eigenvalue weighted by atomic mass is 9.77. The summed E-state index contributed by atoms with van der Waals surface area (Å²) in [5, 5.41) is 12.1. The van der Waals surface area contributed by atoms with Crippen molar-refractivity contribution in [3.63, 3.8) is 0 Å². The Labute approximate surface area is 104 Å². The highest BCUT2D eigenvalue weighted by molar-refractivity contribution is 5.96. The number of methoxy groups -OCH3 is 2. The second-order valence-corrected chi connectivity index (χ2v) is 4.72. The molecule has 0 spiro atoms. The van der Waals surface area contributed by atoms with Gasteiger partial charge in [0.05, 0.1) is 19.6 Å². The van der Waals surface area contributed by atoms with Crippen molar-refractivity contribution in [3.05, 3.63) is 0 Å². The van der Waals surface area contributed by atoms with E-state index in [1.165, 1.54) is 14.2 Å². The molecule has 2 rings (SSSR count). The standard InChI is InChI=1S/C11H17NO6/c1-10-6(4-7(16-2)18-10)8(14)12-11(10,5-13)9(15)17-3/h6-7,13H,4-5H2,1-3H3,(H,12,14)/t6-,7+,10-,11-/m0/s1. The molecule has 2 fully saturated rings. The number of hydrogen-bond donors (Lipinski definition) is 2. The van der Waals surface area contributed by atoms with Crippen LogP contribution in [0.4, 0.5) is 0 Å². The topological polar surface area (TPSA) is 94.1 Å². The summed E-state index contributed by atoms with van der Waals surface area (Å²) in [4.78, 5) is 23.9. The minimum absolute atomic E-state index is 0.337. The first kappa shape index (κ1) is 13.3. The Balaban J connectivity index is 2.44. The summed E-state index contributed by atoms with van der Waals surface area (Å²) in [5.41, 5.74) is -2.75. The molecule has 0 aromatic carbocycles. The number of aliphatic hydroxyl groups is 1. The predicted octanol–water partition coefficient (Wildman–Crippen LogP) is -1.21. The number of carbonyl (C=O) groups is 2. The second-order valence-electron chi connectivity index (χ2n) is 4.72. The van der Waals surface area contributed by atoms with Crippen LogP contribution in [0.25, 0.3) is 0 Å². The normalized spacial score (nSPS) is 42.6. The van der Waals surface area contributed by atoms with Crippen molar-refractivity contribution in [2.75, 3.05) is 20.8 Å². The number of nitrogens with one attached hydrogen (secondary N) is 1. The third kappa shape index (κ3) is 1.41. The fourth-order valence-electron chi connectivity index (χ4n) is 2.83. The lowest BCUT2D eigenvalue weighted by Crippen LogP contribution is -2.65. The van der Waals surface area contributed by atoms with Crippen LogP contribution in [-0.2, 0) is 23.8 Å². The first-order valence-electron chi connectivity index (χ1n) is 5.67. The number of rotatable bonds is 3. The molecule has 0 aromatic rings. The van der Waals surface area contributed by atoms with Gasteiger partial charge in [0.15, 0.2) is 11.8 Å². The summed E-state index contributed by atoms with van der Waals surface area (Å²) >= 11 is 0. The largest absolute Gasteiger partial charge is 0.467 e. The van der Waals surface area contributed by atoms with E-state index >= 15 is 0 Å². The Morgan fingerprint density at radius 3 is 2.78 bits per heavy atom. The molecular formula is C11H17NO6. The number of hydrogen-bond acceptors (Lipinski definition) is 6. The number of amides is 1. The van der Waals surface area contributed by atoms with E-state index in [0.717, 1.165) is 0 Å². The van der Waals surface area contributed by atoms with Gasteiger partial charge in [0.2, 0.25) is 5.91 Å².